The number of rotatable bonds is 1. The molecule has 1 aliphatic carbocycles. The van der Waals surface area contributed by atoms with Crippen LogP contribution in [0.4, 0.5) is 0 Å². The van der Waals surface area contributed by atoms with E-state index in [4.69, 9.17) is 0 Å². The minimum Gasteiger partial charge on any atom is -0.285 e. The number of carbonyl (C=O) groups excluding carboxylic acids is 1. The maximum Gasteiger partial charge on any atom is 0.207 e. The Labute approximate surface area is 107 Å². The Kier molecular flexibility index (Phi) is 4.60. The molecule has 2 heteroatoms. The summed E-state index contributed by atoms with van der Waals surface area (Å²) in [6.45, 7) is 11.2. The van der Waals surface area contributed by atoms with Crippen molar-refractivity contribution in [3.63, 3.8) is 0 Å². The van der Waals surface area contributed by atoms with E-state index in [2.05, 4.69) is 45.3 Å². The molecule has 0 N–H and O–H groups in total. The van der Waals surface area contributed by atoms with Crippen molar-refractivity contribution in [3.05, 3.63) is 0 Å². The van der Waals surface area contributed by atoms with Crippen molar-refractivity contribution in [2.24, 2.45) is 5.92 Å². The molecule has 0 unspecified atom stereocenters. The average Bonchev–Trinajstić information content (AvgIpc) is 2.25. The summed E-state index contributed by atoms with van der Waals surface area (Å²) in [5.74, 6) is 3.41. The summed E-state index contributed by atoms with van der Waals surface area (Å²) in [6.07, 6.45) is 5.83. The predicted molar refractivity (Wildman–Crippen MR) is 76.6 cm³/mol. The molecule has 0 spiro atoms. The van der Waals surface area contributed by atoms with Gasteiger partial charge in [-0.25, -0.2) is 0 Å². The Hall–Kier alpha value is -0.553. The lowest BCUT2D eigenvalue weighted by molar-refractivity contribution is -0.118. The predicted octanol–water partition coefficient (Wildman–Crippen LogP) is 4.19. The molecule has 0 atom stereocenters. The quantitative estimate of drug-likeness (QED) is 0.504. The first-order valence-corrected chi connectivity index (χ1v) is 9.81. The molecule has 0 amide bonds. The Morgan fingerprint density at radius 1 is 1.12 bits per heavy atom. The van der Waals surface area contributed by atoms with Crippen molar-refractivity contribution in [2.75, 3.05) is 0 Å². The van der Waals surface area contributed by atoms with Crippen LogP contribution >= 0.6 is 0 Å². The van der Waals surface area contributed by atoms with Gasteiger partial charge in [-0.1, -0.05) is 53.1 Å². The van der Waals surface area contributed by atoms with Gasteiger partial charge >= 0.3 is 0 Å². The van der Waals surface area contributed by atoms with Gasteiger partial charge in [0.05, 0.1) is 0 Å². The van der Waals surface area contributed by atoms with Crippen LogP contribution in [0.1, 0.15) is 52.9 Å². The van der Waals surface area contributed by atoms with E-state index in [0.717, 1.165) is 12.8 Å². The van der Waals surface area contributed by atoms with Gasteiger partial charge in [-0.05, 0) is 23.8 Å². The van der Waals surface area contributed by atoms with Gasteiger partial charge in [-0.2, -0.15) is 0 Å². The van der Waals surface area contributed by atoms with E-state index in [1.807, 2.05) is 0 Å². The van der Waals surface area contributed by atoms with E-state index in [9.17, 15) is 4.79 Å². The first-order valence-electron chi connectivity index (χ1n) is 6.81. The molecule has 1 fully saturated rings. The largest absolute Gasteiger partial charge is 0.285 e. The lowest BCUT2D eigenvalue weighted by Gasteiger charge is -2.31. The first kappa shape index (κ1) is 14.5. The molecular weight excluding hydrogens is 224 g/mol. The number of carbonyl (C=O) groups is 1. The van der Waals surface area contributed by atoms with Crippen LogP contribution < -0.4 is 0 Å². The maximum atomic E-state index is 12.0. The number of Topliss-reactive ketones (excluding diaryl/α,β-unsaturated/α-hetero) is 1. The van der Waals surface area contributed by atoms with Gasteiger partial charge in [0.25, 0.3) is 0 Å². The summed E-state index contributed by atoms with van der Waals surface area (Å²) in [5, 5.41) is 0.243. The van der Waals surface area contributed by atoms with Crippen LogP contribution in [0.2, 0.25) is 18.1 Å². The van der Waals surface area contributed by atoms with Gasteiger partial charge in [0.15, 0.2) is 0 Å². The second-order valence-corrected chi connectivity index (χ2v) is 11.8. The highest BCUT2D eigenvalue weighted by atomic mass is 28.3. The lowest BCUT2D eigenvalue weighted by Crippen LogP contribution is -2.36. The van der Waals surface area contributed by atoms with Crippen molar-refractivity contribution in [2.45, 2.75) is 71.0 Å². The van der Waals surface area contributed by atoms with Gasteiger partial charge in [-0.15, -0.1) is 5.54 Å². The Balaban J connectivity index is 2.68. The third-order valence-electron chi connectivity index (χ3n) is 4.35. The zero-order valence-corrected chi connectivity index (χ0v) is 13.0. The fourth-order valence-corrected chi connectivity index (χ4v) is 2.68. The first-order chi connectivity index (χ1) is 7.74. The summed E-state index contributed by atoms with van der Waals surface area (Å²) in [6, 6.07) is 0. The highest BCUT2D eigenvalue weighted by Gasteiger charge is 2.34. The smallest absolute Gasteiger partial charge is 0.207 e. The van der Waals surface area contributed by atoms with Crippen molar-refractivity contribution in [1.29, 1.82) is 0 Å². The third kappa shape index (κ3) is 3.99. The highest BCUT2D eigenvalue weighted by molar-refractivity contribution is 6.87. The van der Waals surface area contributed by atoms with Gasteiger partial charge in [0.1, 0.15) is 8.07 Å². The molecule has 0 aromatic rings. The number of hydrogen-bond acceptors (Lipinski definition) is 1. The summed E-state index contributed by atoms with van der Waals surface area (Å²) in [5.41, 5.74) is 3.34. The average molecular weight is 250 g/mol. The minimum absolute atomic E-state index is 0.203. The van der Waals surface area contributed by atoms with E-state index in [1.54, 1.807) is 0 Å². The standard InChI is InChI=1S/C15H26OSi/c1-15(2,3)17(4,5)12-11-14(16)13-9-7-6-8-10-13/h13H,6-10H2,1-5H3. The van der Waals surface area contributed by atoms with Crippen molar-refractivity contribution in [1.82, 2.24) is 0 Å². The van der Waals surface area contributed by atoms with Crippen LogP contribution in [-0.4, -0.2) is 13.9 Å². The normalized spacial score (nSPS) is 18.4. The molecule has 0 aliphatic heterocycles. The lowest BCUT2D eigenvalue weighted by atomic mass is 9.86. The summed E-state index contributed by atoms with van der Waals surface area (Å²) < 4.78 is 0. The molecule has 1 rings (SSSR count). The SMILES string of the molecule is CC(C)(C)[Si](C)(C)C#CC(=O)C1CCCCC1. The van der Waals surface area contributed by atoms with Gasteiger partial charge < -0.3 is 0 Å². The molecule has 0 aromatic carbocycles. The van der Waals surface area contributed by atoms with Gasteiger partial charge in [0.2, 0.25) is 5.78 Å². The van der Waals surface area contributed by atoms with Crippen LogP contribution in [0.25, 0.3) is 0 Å². The molecule has 1 aliphatic rings. The second-order valence-electron chi connectivity index (χ2n) is 6.82. The summed E-state index contributed by atoms with van der Waals surface area (Å²) in [4.78, 5) is 12.0. The molecule has 0 saturated heterocycles. The Bertz CT molecular complexity index is 332. The minimum atomic E-state index is -1.61. The van der Waals surface area contributed by atoms with Crippen LogP contribution in [0.5, 0.6) is 0 Å². The zero-order chi connectivity index (χ0) is 13.1. The van der Waals surface area contributed by atoms with Crippen molar-refractivity contribution < 1.29 is 4.79 Å². The highest BCUT2D eigenvalue weighted by Crippen LogP contribution is 2.35. The van der Waals surface area contributed by atoms with E-state index >= 15 is 0 Å². The molecular formula is C15H26OSi. The van der Waals surface area contributed by atoms with Crippen LogP contribution in [0.15, 0.2) is 0 Å². The fraction of sp³-hybridized carbons (Fsp3) is 0.800. The third-order valence-corrected chi connectivity index (χ3v) is 8.85. The fourth-order valence-electron chi connectivity index (χ4n) is 1.87. The molecule has 0 radical (unpaired) electrons. The van der Waals surface area contributed by atoms with Crippen LogP contribution in [0, 0.1) is 17.4 Å². The molecule has 1 saturated carbocycles. The molecule has 0 bridgehead atoms. The molecule has 0 heterocycles. The van der Waals surface area contributed by atoms with Crippen molar-refractivity contribution in [3.8, 4) is 11.5 Å². The monoisotopic (exact) mass is 250 g/mol. The number of ketones is 1. The Morgan fingerprint density at radius 3 is 2.12 bits per heavy atom. The topological polar surface area (TPSA) is 17.1 Å². The summed E-state index contributed by atoms with van der Waals surface area (Å²) >= 11 is 0. The number of hydrogen-bond donors (Lipinski definition) is 0. The van der Waals surface area contributed by atoms with Gasteiger partial charge in [-0.3, -0.25) is 4.79 Å². The zero-order valence-electron chi connectivity index (χ0n) is 12.0. The van der Waals surface area contributed by atoms with Gasteiger partial charge in [0, 0.05) is 5.92 Å². The maximum absolute atomic E-state index is 12.0. The van der Waals surface area contributed by atoms with E-state index < -0.39 is 8.07 Å². The second kappa shape index (κ2) is 5.39. The van der Waals surface area contributed by atoms with E-state index in [1.165, 1.54) is 19.3 Å². The molecule has 96 valence electrons. The van der Waals surface area contributed by atoms with E-state index in [0.29, 0.717) is 0 Å². The van der Waals surface area contributed by atoms with E-state index in [-0.39, 0.29) is 16.7 Å². The van der Waals surface area contributed by atoms with Crippen molar-refractivity contribution >= 4 is 13.9 Å². The molecule has 0 aromatic heterocycles. The summed E-state index contributed by atoms with van der Waals surface area (Å²) in [7, 11) is -1.61. The van der Waals surface area contributed by atoms with Crippen LogP contribution in [-0.2, 0) is 4.79 Å². The molecule has 17 heavy (non-hydrogen) atoms. The van der Waals surface area contributed by atoms with Crippen LogP contribution in [0.3, 0.4) is 0 Å². The molecule has 1 nitrogen and oxygen atoms in total. The Morgan fingerprint density at radius 2 is 1.65 bits per heavy atom.